The predicted molar refractivity (Wildman–Crippen MR) is 97.1 cm³/mol. The van der Waals surface area contributed by atoms with Crippen LogP contribution in [0, 0.1) is 5.82 Å². The topological polar surface area (TPSA) is 61.8 Å². The van der Waals surface area contributed by atoms with E-state index in [4.69, 9.17) is 11.6 Å². The van der Waals surface area contributed by atoms with E-state index in [1.165, 1.54) is 54.0 Å². The average molecular weight is 424 g/mol. The molecule has 0 saturated carbocycles. The van der Waals surface area contributed by atoms with Crippen molar-refractivity contribution in [1.29, 1.82) is 0 Å². The Morgan fingerprint density at radius 1 is 1.19 bits per heavy atom. The molecule has 5 nitrogen and oxygen atoms in total. The molecule has 0 aromatic heterocycles. The molecule has 27 heavy (non-hydrogen) atoms. The number of anilines is 2. The second kappa shape index (κ2) is 7.73. The number of hydrazone groups is 1. The lowest BCUT2D eigenvalue weighted by Gasteiger charge is -2.17. The van der Waals surface area contributed by atoms with Crippen molar-refractivity contribution in [2.45, 2.75) is 12.4 Å². The Morgan fingerprint density at radius 3 is 2.44 bits per heavy atom. The molecule has 0 spiro atoms. The van der Waals surface area contributed by atoms with Crippen molar-refractivity contribution in [2.75, 3.05) is 16.8 Å². The average Bonchev–Trinajstić information content (AvgIpc) is 2.55. The van der Waals surface area contributed by atoms with Gasteiger partial charge in [0.05, 0.1) is 17.1 Å². The molecular formula is C16H14ClF4N3O2S. The van der Waals surface area contributed by atoms with E-state index in [0.717, 1.165) is 6.07 Å². The molecule has 0 atom stereocenters. The summed E-state index contributed by atoms with van der Waals surface area (Å²) >= 11 is 5.88. The quantitative estimate of drug-likeness (QED) is 0.434. The summed E-state index contributed by atoms with van der Waals surface area (Å²) in [5, 5.41) is 5.62. The molecule has 0 aliphatic carbocycles. The van der Waals surface area contributed by atoms with Gasteiger partial charge in [-0.2, -0.15) is 26.7 Å². The van der Waals surface area contributed by atoms with Gasteiger partial charge in [-0.05, 0) is 43.3 Å². The molecule has 0 fully saturated rings. The Bertz CT molecular complexity index is 978. The van der Waals surface area contributed by atoms with E-state index < -0.39 is 21.3 Å². The zero-order valence-corrected chi connectivity index (χ0v) is 15.6. The van der Waals surface area contributed by atoms with Crippen LogP contribution in [0.5, 0.6) is 0 Å². The Hall–Kier alpha value is -2.33. The summed E-state index contributed by atoms with van der Waals surface area (Å²) < 4.78 is 75.6. The van der Waals surface area contributed by atoms with Gasteiger partial charge in [0, 0.05) is 17.6 Å². The van der Waals surface area contributed by atoms with Crippen LogP contribution >= 0.6 is 11.6 Å². The summed E-state index contributed by atoms with van der Waals surface area (Å²) in [4.78, 5) is 0. The molecule has 0 heterocycles. The van der Waals surface area contributed by atoms with Crippen LogP contribution in [0.25, 0.3) is 0 Å². The van der Waals surface area contributed by atoms with E-state index in [1.54, 1.807) is 6.07 Å². The summed E-state index contributed by atoms with van der Waals surface area (Å²) in [7, 11) is -4.11. The van der Waals surface area contributed by atoms with Crippen molar-refractivity contribution in [3.8, 4) is 0 Å². The van der Waals surface area contributed by atoms with Crippen molar-refractivity contribution in [2.24, 2.45) is 5.10 Å². The number of rotatable bonds is 5. The molecule has 2 aromatic rings. The van der Waals surface area contributed by atoms with Crippen LogP contribution in [0.2, 0.25) is 5.02 Å². The molecular weight excluding hydrogens is 410 g/mol. The van der Waals surface area contributed by atoms with E-state index in [0.29, 0.717) is 5.69 Å². The van der Waals surface area contributed by atoms with Crippen molar-refractivity contribution < 1.29 is 26.0 Å². The van der Waals surface area contributed by atoms with Gasteiger partial charge in [-0.25, -0.2) is 4.39 Å². The number of benzene rings is 2. The van der Waals surface area contributed by atoms with Gasteiger partial charge in [0.2, 0.25) is 0 Å². The van der Waals surface area contributed by atoms with Crippen LogP contribution in [0.4, 0.5) is 28.9 Å². The van der Waals surface area contributed by atoms with Gasteiger partial charge >= 0.3 is 15.5 Å². The summed E-state index contributed by atoms with van der Waals surface area (Å²) in [6.45, 7) is 1.45. The number of hydrogen-bond donors (Lipinski definition) is 1. The largest absolute Gasteiger partial charge is 0.516 e. The minimum absolute atomic E-state index is 0.0404. The second-order valence-corrected chi connectivity index (χ2v) is 7.54. The molecule has 11 heteroatoms. The lowest BCUT2D eigenvalue weighted by atomic mass is 10.1. The Kier molecular flexibility index (Phi) is 6.01. The SMILES string of the molecule is C/C(=N\N(C)c1cccc(F)c1)c1cc(Cl)ccc1NS(=O)(=O)C(F)(F)F. The molecule has 1 N–H and O–H groups in total. The maximum absolute atomic E-state index is 13.3. The standard InChI is InChI=1S/C16H14ClF4N3O2S/c1-10(22-24(2)13-5-3-4-12(18)9-13)14-8-11(17)6-7-15(14)23-27(25,26)16(19,20)21/h3-9,23H,1-2H3/b22-10+. The van der Waals surface area contributed by atoms with E-state index in [-0.39, 0.29) is 22.0 Å². The fourth-order valence-corrected chi connectivity index (χ4v) is 2.88. The van der Waals surface area contributed by atoms with E-state index >= 15 is 0 Å². The third kappa shape index (κ3) is 5.10. The highest BCUT2D eigenvalue weighted by Crippen LogP contribution is 2.29. The lowest BCUT2D eigenvalue weighted by Crippen LogP contribution is -2.30. The molecule has 0 aliphatic rings. The molecule has 0 amide bonds. The first-order valence-electron chi connectivity index (χ1n) is 7.34. The number of nitrogens with one attached hydrogen (secondary N) is 1. The molecule has 0 bridgehead atoms. The number of halogens is 5. The van der Waals surface area contributed by atoms with Gasteiger partial charge in [-0.1, -0.05) is 17.7 Å². The van der Waals surface area contributed by atoms with Gasteiger partial charge < -0.3 is 0 Å². The van der Waals surface area contributed by atoms with Crippen LogP contribution < -0.4 is 9.73 Å². The lowest BCUT2D eigenvalue weighted by molar-refractivity contribution is -0.0429. The molecule has 0 saturated heterocycles. The maximum atomic E-state index is 13.3. The minimum atomic E-state index is -5.62. The third-order valence-corrected chi connectivity index (χ3v) is 4.74. The fourth-order valence-electron chi connectivity index (χ4n) is 2.12. The van der Waals surface area contributed by atoms with E-state index in [1.807, 2.05) is 0 Å². The molecule has 0 radical (unpaired) electrons. The zero-order valence-electron chi connectivity index (χ0n) is 14.1. The molecule has 146 valence electrons. The van der Waals surface area contributed by atoms with Crippen LogP contribution in [-0.4, -0.2) is 26.7 Å². The summed E-state index contributed by atoms with van der Waals surface area (Å²) in [5.41, 5.74) is -5.24. The summed E-state index contributed by atoms with van der Waals surface area (Å²) in [5.74, 6) is -0.492. The van der Waals surface area contributed by atoms with Gasteiger partial charge in [0.25, 0.3) is 0 Å². The monoisotopic (exact) mass is 423 g/mol. The van der Waals surface area contributed by atoms with Crippen molar-refractivity contribution in [1.82, 2.24) is 0 Å². The zero-order chi connectivity index (χ0) is 20.4. The summed E-state index contributed by atoms with van der Waals surface area (Å²) in [6.07, 6.45) is 0. The van der Waals surface area contributed by atoms with Crippen LogP contribution in [0.3, 0.4) is 0 Å². The van der Waals surface area contributed by atoms with E-state index in [2.05, 4.69) is 5.10 Å². The van der Waals surface area contributed by atoms with Gasteiger partial charge in [0.1, 0.15) is 5.82 Å². The number of hydrogen-bond acceptors (Lipinski definition) is 4. The first-order valence-corrected chi connectivity index (χ1v) is 9.20. The van der Waals surface area contributed by atoms with Crippen molar-refractivity contribution in [3.63, 3.8) is 0 Å². The van der Waals surface area contributed by atoms with Crippen molar-refractivity contribution in [3.05, 3.63) is 58.9 Å². The molecule has 2 aromatic carbocycles. The Balaban J connectivity index is 2.43. The highest BCUT2D eigenvalue weighted by molar-refractivity contribution is 7.93. The van der Waals surface area contributed by atoms with Gasteiger partial charge in [-0.15, -0.1) is 0 Å². The number of nitrogens with zero attached hydrogens (tertiary/aromatic N) is 2. The second-order valence-electron chi connectivity index (χ2n) is 5.43. The van der Waals surface area contributed by atoms with Crippen molar-refractivity contribution >= 4 is 38.7 Å². The van der Waals surface area contributed by atoms with Crippen LogP contribution in [-0.2, 0) is 10.0 Å². The van der Waals surface area contributed by atoms with Crippen LogP contribution in [0.15, 0.2) is 47.6 Å². The normalized spacial score (nSPS) is 12.8. The van der Waals surface area contributed by atoms with Gasteiger partial charge in [-0.3, -0.25) is 9.73 Å². The fraction of sp³-hybridized carbons (Fsp3) is 0.188. The van der Waals surface area contributed by atoms with E-state index in [9.17, 15) is 26.0 Å². The third-order valence-electron chi connectivity index (χ3n) is 3.40. The smallest absolute Gasteiger partial charge is 0.275 e. The molecule has 0 unspecified atom stereocenters. The number of sulfonamides is 1. The Labute approximate surface area is 158 Å². The maximum Gasteiger partial charge on any atom is 0.516 e. The predicted octanol–water partition coefficient (Wildman–Crippen LogP) is 4.60. The number of alkyl halides is 3. The first-order chi connectivity index (χ1) is 12.4. The highest BCUT2D eigenvalue weighted by atomic mass is 35.5. The van der Waals surface area contributed by atoms with Crippen LogP contribution in [0.1, 0.15) is 12.5 Å². The Morgan fingerprint density at radius 2 is 1.85 bits per heavy atom. The highest BCUT2D eigenvalue weighted by Gasteiger charge is 2.46. The first kappa shape index (κ1) is 21.0. The molecule has 0 aliphatic heterocycles. The van der Waals surface area contributed by atoms with Gasteiger partial charge in [0.15, 0.2) is 0 Å². The minimum Gasteiger partial charge on any atom is -0.275 e. The summed E-state index contributed by atoms with van der Waals surface area (Å²) in [6, 6.07) is 9.11. The molecule has 2 rings (SSSR count).